The van der Waals surface area contributed by atoms with Gasteiger partial charge in [0.05, 0.1) is 16.9 Å². The van der Waals surface area contributed by atoms with Gasteiger partial charge in [0, 0.05) is 27.7 Å². The van der Waals surface area contributed by atoms with E-state index in [1.54, 1.807) is 0 Å². The van der Waals surface area contributed by atoms with Crippen LogP contribution >= 0.6 is 27.3 Å². The summed E-state index contributed by atoms with van der Waals surface area (Å²) in [6.45, 7) is 6.27. The molecule has 0 bridgehead atoms. The molecule has 5 rings (SSSR count). The Morgan fingerprint density at radius 1 is 0.950 bits per heavy atom. The molecule has 6 nitrogen and oxygen atoms in total. The van der Waals surface area contributed by atoms with Crippen LogP contribution in [0.1, 0.15) is 42.4 Å². The van der Waals surface area contributed by atoms with Crippen LogP contribution in [0.4, 0.5) is 11.4 Å². The zero-order valence-corrected chi connectivity index (χ0v) is 24.9. The SMILES string of the molecule is Cc1ccc(NC(=O)c2c(C)nc3sc(C(=O)NCCc4ccccc4)c(N)c3c2-c2ccc(Br)cc2)c(C)c1. The van der Waals surface area contributed by atoms with Gasteiger partial charge in [0.25, 0.3) is 11.8 Å². The Kier molecular flexibility index (Phi) is 8.00. The first-order chi connectivity index (χ1) is 19.2. The standard InChI is InChI=1S/C32H29BrN4O2S/c1-18-9-14-24(19(2)17-18)37-30(38)25-20(3)36-32-27(26(25)22-10-12-23(33)13-11-22)28(34)29(40-32)31(39)35-16-15-21-7-5-4-6-8-21/h4-14,17H,15-16,34H2,1-3H3,(H,35,39)(H,37,38). The van der Waals surface area contributed by atoms with Gasteiger partial charge < -0.3 is 16.4 Å². The Morgan fingerprint density at radius 2 is 1.68 bits per heavy atom. The number of nitrogens with one attached hydrogen (secondary N) is 2. The molecule has 0 radical (unpaired) electrons. The summed E-state index contributed by atoms with van der Waals surface area (Å²) < 4.78 is 0.913. The molecule has 0 aliphatic heterocycles. The predicted molar refractivity (Wildman–Crippen MR) is 168 cm³/mol. The van der Waals surface area contributed by atoms with Crippen LogP contribution < -0.4 is 16.4 Å². The second-order valence-electron chi connectivity index (χ2n) is 9.74. The van der Waals surface area contributed by atoms with Crippen LogP contribution in [0, 0.1) is 20.8 Å². The molecule has 0 aliphatic carbocycles. The Hall–Kier alpha value is -4.01. The molecule has 0 saturated heterocycles. The van der Waals surface area contributed by atoms with Gasteiger partial charge in [-0.3, -0.25) is 9.59 Å². The number of rotatable bonds is 7. The monoisotopic (exact) mass is 612 g/mol. The number of benzene rings is 3. The van der Waals surface area contributed by atoms with Crippen molar-refractivity contribution in [3.63, 3.8) is 0 Å². The number of nitrogens with zero attached hydrogens (tertiary/aromatic N) is 1. The van der Waals surface area contributed by atoms with Crippen molar-refractivity contribution >= 4 is 60.7 Å². The smallest absolute Gasteiger partial charge is 0.263 e. The molecule has 2 heterocycles. The molecular weight excluding hydrogens is 584 g/mol. The summed E-state index contributed by atoms with van der Waals surface area (Å²) in [5.74, 6) is -0.534. The molecule has 0 saturated carbocycles. The molecule has 2 amide bonds. The van der Waals surface area contributed by atoms with Crippen molar-refractivity contribution in [2.24, 2.45) is 0 Å². The molecule has 2 aromatic heterocycles. The van der Waals surface area contributed by atoms with E-state index in [2.05, 4.69) is 26.6 Å². The minimum absolute atomic E-state index is 0.253. The molecule has 3 aromatic carbocycles. The fraction of sp³-hybridized carbons (Fsp3) is 0.156. The lowest BCUT2D eigenvalue weighted by Gasteiger charge is -2.16. The molecule has 0 aliphatic rings. The number of aromatic nitrogens is 1. The molecule has 4 N–H and O–H groups in total. The third-order valence-electron chi connectivity index (χ3n) is 6.80. The quantitative estimate of drug-likeness (QED) is 0.178. The molecule has 0 unspecified atom stereocenters. The van der Waals surface area contributed by atoms with Crippen molar-refractivity contribution < 1.29 is 9.59 Å². The lowest BCUT2D eigenvalue weighted by molar-refractivity contribution is 0.0958. The summed E-state index contributed by atoms with van der Waals surface area (Å²) in [5, 5.41) is 6.67. The van der Waals surface area contributed by atoms with Gasteiger partial charge in [-0.25, -0.2) is 4.98 Å². The highest BCUT2D eigenvalue weighted by molar-refractivity contribution is 9.10. The van der Waals surface area contributed by atoms with Crippen molar-refractivity contribution in [3.05, 3.63) is 110 Å². The molecule has 0 fully saturated rings. The average Bonchev–Trinajstić information content (AvgIpc) is 3.26. The number of aryl methyl sites for hydroxylation is 3. The minimum Gasteiger partial charge on any atom is -0.397 e. The van der Waals surface area contributed by atoms with Crippen LogP contribution in [0.3, 0.4) is 0 Å². The maximum absolute atomic E-state index is 13.8. The molecule has 202 valence electrons. The predicted octanol–water partition coefficient (Wildman–Crippen LogP) is 7.46. The summed E-state index contributed by atoms with van der Waals surface area (Å²) in [6, 6.07) is 23.6. The van der Waals surface area contributed by atoms with Gasteiger partial charge in [0.2, 0.25) is 0 Å². The largest absolute Gasteiger partial charge is 0.397 e. The van der Waals surface area contributed by atoms with Crippen LogP contribution in [-0.4, -0.2) is 23.3 Å². The fourth-order valence-electron chi connectivity index (χ4n) is 4.80. The third kappa shape index (κ3) is 5.64. The summed E-state index contributed by atoms with van der Waals surface area (Å²) in [7, 11) is 0. The molecule has 40 heavy (non-hydrogen) atoms. The number of amides is 2. The van der Waals surface area contributed by atoms with Crippen molar-refractivity contribution in [2.75, 3.05) is 17.6 Å². The van der Waals surface area contributed by atoms with E-state index < -0.39 is 0 Å². The van der Waals surface area contributed by atoms with Gasteiger partial charge in [0.1, 0.15) is 9.71 Å². The maximum atomic E-state index is 13.8. The molecule has 0 atom stereocenters. The lowest BCUT2D eigenvalue weighted by atomic mass is 9.94. The van der Waals surface area contributed by atoms with Gasteiger partial charge in [-0.2, -0.15) is 0 Å². The fourth-order valence-corrected chi connectivity index (χ4v) is 6.13. The number of hydrogen-bond donors (Lipinski definition) is 3. The molecular formula is C32H29BrN4O2S. The first-order valence-corrected chi connectivity index (χ1v) is 14.5. The normalized spacial score (nSPS) is 11.0. The van der Waals surface area contributed by atoms with E-state index in [9.17, 15) is 9.59 Å². The number of nitrogen functional groups attached to an aromatic ring is 1. The average molecular weight is 614 g/mol. The number of anilines is 2. The highest BCUT2D eigenvalue weighted by Crippen LogP contribution is 2.42. The lowest BCUT2D eigenvalue weighted by Crippen LogP contribution is -2.25. The number of halogens is 1. The number of carbonyl (C=O) groups is 2. The van der Waals surface area contributed by atoms with Crippen molar-refractivity contribution in [1.29, 1.82) is 0 Å². The minimum atomic E-state index is -0.281. The summed E-state index contributed by atoms with van der Waals surface area (Å²) in [4.78, 5) is 32.8. The first kappa shape index (κ1) is 27.6. The molecule has 8 heteroatoms. The summed E-state index contributed by atoms with van der Waals surface area (Å²) >= 11 is 4.74. The number of carbonyl (C=O) groups excluding carboxylic acids is 2. The first-order valence-electron chi connectivity index (χ1n) is 12.9. The summed E-state index contributed by atoms with van der Waals surface area (Å²) in [6.07, 6.45) is 0.710. The maximum Gasteiger partial charge on any atom is 0.263 e. The number of thiophene rings is 1. The van der Waals surface area contributed by atoms with Gasteiger partial charge in [-0.1, -0.05) is 76.1 Å². The Morgan fingerprint density at radius 3 is 2.38 bits per heavy atom. The van der Waals surface area contributed by atoms with E-state index in [-0.39, 0.29) is 11.8 Å². The Bertz CT molecular complexity index is 1730. The van der Waals surface area contributed by atoms with Gasteiger partial charge in [-0.05, 0) is 62.1 Å². The molecule has 5 aromatic rings. The second kappa shape index (κ2) is 11.6. The zero-order valence-electron chi connectivity index (χ0n) is 22.5. The van der Waals surface area contributed by atoms with E-state index in [0.29, 0.717) is 50.6 Å². The highest BCUT2D eigenvalue weighted by Gasteiger charge is 2.27. The Balaban J connectivity index is 1.57. The van der Waals surface area contributed by atoms with Gasteiger partial charge in [0.15, 0.2) is 0 Å². The topological polar surface area (TPSA) is 97.1 Å². The van der Waals surface area contributed by atoms with Crippen LogP contribution in [0.2, 0.25) is 0 Å². The van der Waals surface area contributed by atoms with Crippen molar-refractivity contribution in [1.82, 2.24) is 10.3 Å². The summed E-state index contributed by atoms with van der Waals surface area (Å²) in [5.41, 5.74) is 13.4. The van der Waals surface area contributed by atoms with E-state index in [0.717, 1.165) is 32.4 Å². The van der Waals surface area contributed by atoms with Crippen molar-refractivity contribution in [2.45, 2.75) is 27.2 Å². The van der Waals surface area contributed by atoms with Gasteiger partial charge in [-0.15, -0.1) is 11.3 Å². The van der Waals surface area contributed by atoms with Crippen LogP contribution in [0.15, 0.2) is 77.3 Å². The number of hydrogen-bond acceptors (Lipinski definition) is 5. The second-order valence-corrected chi connectivity index (χ2v) is 11.7. The van der Waals surface area contributed by atoms with E-state index in [1.807, 2.05) is 93.6 Å². The van der Waals surface area contributed by atoms with Gasteiger partial charge >= 0.3 is 0 Å². The third-order valence-corrected chi connectivity index (χ3v) is 8.42. The molecule has 0 spiro atoms. The zero-order chi connectivity index (χ0) is 28.4. The van der Waals surface area contributed by atoms with Crippen molar-refractivity contribution in [3.8, 4) is 11.1 Å². The van der Waals surface area contributed by atoms with Crippen LogP contribution in [0.25, 0.3) is 21.3 Å². The van der Waals surface area contributed by atoms with Crippen LogP contribution in [0.5, 0.6) is 0 Å². The number of pyridine rings is 1. The van der Waals surface area contributed by atoms with E-state index >= 15 is 0 Å². The highest BCUT2D eigenvalue weighted by atomic mass is 79.9. The van der Waals surface area contributed by atoms with E-state index in [1.165, 1.54) is 11.3 Å². The number of fused-ring (bicyclic) bond motifs is 1. The van der Waals surface area contributed by atoms with Crippen LogP contribution in [-0.2, 0) is 6.42 Å². The Labute approximate surface area is 245 Å². The number of nitrogens with two attached hydrogens (primary N) is 1. The van der Waals surface area contributed by atoms with E-state index in [4.69, 9.17) is 10.7 Å².